The van der Waals surface area contributed by atoms with Crippen LogP contribution >= 0.6 is 0 Å². The molecule has 0 bridgehead atoms. The molecule has 1 aliphatic carbocycles. The van der Waals surface area contributed by atoms with E-state index in [1.54, 1.807) is 12.1 Å². The van der Waals surface area contributed by atoms with Gasteiger partial charge in [0.1, 0.15) is 5.69 Å². The van der Waals surface area contributed by atoms with Crippen molar-refractivity contribution in [3.05, 3.63) is 57.6 Å². The van der Waals surface area contributed by atoms with Gasteiger partial charge in [0, 0.05) is 37.3 Å². The first-order valence-corrected chi connectivity index (χ1v) is 11.4. The van der Waals surface area contributed by atoms with Gasteiger partial charge in [0.15, 0.2) is 11.5 Å². The zero-order valence-electron chi connectivity index (χ0n) is 18.4. The van der Waals surface area contributed by atoms with Gasteiger partial charge in [-0.1, -0.05) is 18.9 Å². The predicted octanol–water partition coefficient (Wildman–Crippen LogP) is 3.75. The molecule has 2 fully saturated rings. The van der Waals surface area contributed by atoms with Crippen molar-refractivity contribution in [1.82, 2.24) is 4.90 Å². The van der Waals surface area contributed by atoms with Crippen LogP contribution in [-0.2, 0) is 11.3 Å². The summed E-state index contributed by atoms with van der Waals surface area (Å²) in [5.41, 5.74) is 1.77. The van der Waals surface area contributed by atoms with Crippen molar-refractivity contribution in [2.45, 2.75) is 38.3 Å². The first-order chi connectivity index (χ1) is 16.1. The lowest BCUT2D eigenvalue weighted by atomic mass is 10.1. The Morgan fingerprint density at radius 3 is 2.58 bits per heavy atom. The summed E-state index contributed by atoms with van der Waals surface area (Å²) in [6.45, 7) is 2.85. The fraction of sp³-hybridized carbons (Fsp3) is 0.458. The number of ether oxygens (including phenoxy) is 3. The maximum Gasteiger partial charge on any atom is 0.293 e. The van der Waals surface area contributed by atoms with E-state index < -0.39 is 4.92 Å². The van der Waals surface area contributed by atoms with Crippen LogP contribution in [0.2, 0.25) is 0 Å². The van der Waals surface area contributed by atoms with E-state index in [1.165, 1.54) is 6.07 Å². The molecule has 2 heterocycles. The van der Waals surface area contributed by atoms with Gasteiger partial charge in [-0.15, -0.1) is 0 Å². The largest absolute Gasteiger partial charge is 0.454 e. The Morgan fingerprint density at radius 2 is 1.82 bits per heavy atom. The van der Waals surface area contributed by atoms with Crippen LogP contribution < -0.4 is 14.4 Å². The quantitative estimate of drug-likeness (QED) is 0.486. The molecule has 174 valence electrons. The minimum absolute atomic E-state index is 0.0443. The maximum atomic E-state index is 13.6. The standard InChI is InChI=1S/C24H27N3O6/c28-24(18-6-7-20(21(14-18)27(29)30)25-9-11-31-12-10-25)26(19-3-1-2-4-19)15-17-5-8-22-23(13-17)33-16-32-22/h5-8,13-14,19H,1-4,9-12,15-16H2. The van der Waals surface area contributed by atoms with Gasteiger partial charge < -0.3 is 24.0 Å². The van der Waals surface area contributed by atoms with Gasteiger partial charge in [-0.05, 0) is 42.7 Å². The summed E-state index contributed by atoms with van der Waals surface area (Å²) >= 11 is 0. The smallest absolute Gasteiger partial charge is 0.293 e. The molecule has 0 radical (unpaired) electrons. The molecule has 33 heavy (non-hydrogen) atoms. The Bertz CT molecular complexity index is 1050. The number of nitrogens with zero attached hydrogens (tertiary/aromatic N) is 3. The third kappa shape index (κ3) is 4.45. The van der Waals surface area contributed by atoms with Crippen molar-refractivity contribution in [2.24, 2.45) is 0 Å². The number of morpholine rings is 1. The van der Waals surface area contributed by atoms with E-state index in [-0.39, 0.29) is 24.4 Å². The summed E-state index contributed by atoms with van der Waals surface area (Å²) in [7, 11) is 0. The monoisotopic (exact) mass is 453 g/mol. The Morgan fingerprint density at radius 1 is 1.06 bits per heavy atom. The number of benzene rings is 2. The number of nitro groups is 1. The normalized spacial score (nSPS) is 17.9. The van der Waals surface area contributed by atoms with E-state index in [9.17, 15) is 14.9 Å². The van der Waals surface area contributed by atoms with E-state index in [0.29, 0.717) is 55.6 Å². The molecule has 0 atom stereocenters. The third-order valence-corrected chi connectivity index (χ3v) is 6.59. The van der Waals surface area contributed by atoms with Crippen molar-refractivity contribution in [2.75, 3.05) is 38.0 Å². The minimum atomic E-state index is -0.403. The molecular weight excluding hydrogens is 426 g/mol. The Labute approximate surface area is 192 Å². The lowest BCUT2D eigenvalue weighted by Gasteiger charge is -2.30. The zero-order chi connectivity index (χ0) is 22.8. The fourth-order valence-corrected chi connectivity index (χ4v) is 4.86. The topological polar surface area (TPSA) is 94.4 Å². The molecule has 2 aromatic rings. The molecule has 2 aromatic carbocycles. The van der Waals surface area contributed by atoms with Crippen molar-refractivity contribution in [3.8, 4) is 11.5 Å². The summed E-state index contributed by atoms with van der Waals surface area (Å²) in [5.74, 6) is 1.19. The Balaban J connectivity index is 1.43. The molecule has 0 unspecified atom stereocenters. The summed E-state index contributed by atoms with van der Waals surface area (Å²) in [6, 6.07) is 10.6. The van der Waals surface area contributed by atoms with Crippen LogP contribution in [0.25, 0.3) is 0 Å². The van der Waals surface area contributed by atoms with Crippen LogP contribution in [0.1, 0.15) is 41.6 Å². The van der Waals surface area contributed by atoms with E-state index >= 15 is 0 Å². The molecule has 1 saturated heterocycles. The maximum absolute atomic E-state index is 13.6. The van der Waals surface area contributed by atoms with Gasteiger partial charge >= 0.3 is 0 Å². The van der Waals surface area contributed by atoms with Crippen LogP contribution in [0.15, 0.2) is 36.4 Å². The van der Waals surface area contributed by atoms with Crippen LogP contribution in [-0.4, -0.2) is 54.9 Å². The van der Waals surface area contributed by atoms with Crippen LogP contribution in [0.5, 0.6) is 11.5 Å². The zero-order valence-corrected chi connectivity index (χ0v) is 18.4. The Kier molecular flexibility index (Phi) is 6.04. The number of anilines is 1. The number of hydrogen-bond donors (Lipinski definition) is 0. The lowest BCUT2D eigenvalue weighted by Crippen LogP contribution is -2.38. The van der Waals surface area contributed by atoms with Crippen molar-refractivity contribution >= 4 is 17.3 Å². The highest BCUT2D eigenvalue weighted by Gasteiger charge is 2.30. The minimum Gasteiger partial charge on any atom is -0.454 e. The summed E-state index contributed by atoms with van der Waals surface area (Å²) in [6.07, 6.45) is 4.02. The second-order valence-electron chi connectivity index (χ2n) is 8.62. The van der Waals surface area contributed by atoms with Gasteiger partial charge in [0.05, 0.1) is 18.1 Å². The highest BCUT2D eigenvalue weighted by atomic mass is 16.7. The highest BCUT2D eigenvalue weighted by molar-refractivity contribution is 5.96. The van der Waals surface area contributed by atoms with Gasteiger partial charge in [-0.2, -0.15) is 0 Å². The third-order valence-electron chi connectivity index (χ3n) is 6.59. The predicted molar refractivity (Wildman–Crippen MR) is 121 cm³/mol. The second kappa shape index (κ2) is 9.27. The van der Waals surface area contributed by atoms with Crippen LogP contribution in [0.4, 0.5) is 11.4 Å². The molecule has 0 N–H and O–H groups in total. The Hall–Kier alpha value is -3.33. The van der Waals surface area contributed by atoms with E-state index in [1.807, 2.05) is 28.0 Å². The first kappa shape index (κ1) is 21.5. The van der Waals surface area contributed by atoms with Crippen molar-refractivity contribution in [1.29, 1.82) is 0 Å². The molecule has 3 aliphatic rings. The van der Waals surface area contributed by atoms with E-state index in [2.05, 4.69) is 0 Å². The van der Waals surface area contributed by atoms with Crippen LogP contribution in [0.3, 0.4) is 0 Å². The van der Waals surface area contributed by atoms with Gasteiger partial charge in [-0.25, -0.2) is 0 Å². The number of rotatable bonds is 6. The summed E-state index contributed by atoms with van der Waals surface area (Å²) in [4.78, 5) is 28.9. The van der Waals surface area contributed by atoms with Gasteiger partial charge in [-0.3, -0.25) is 14.9 Å². The number of carbonyl (C=O) groups is 1. The van der Waals surface area contributed by atoms with Gasteiger partial charge in [0.2, 0.25) is 6.79 Å². The van der Waals surface area contributed by atoms with Gasteiger partial charge in [0.25, 0.3) is 11.6 Å². The molecule has 9 heteroatoms. The lowest BCUT2D eigenvalue weighted by molar-refractivity contribution is -0.384. The molecule has 0 spiro atoms. The average molecular weight is 453 g/mol. The number of fused-ring (bicyclic) bond motifs is 1. The van der Waals surface area contributed by atoms with Crippen molar-refractivity contribution < 1.29 is 23.9 Å². The number of nitro benzene ring substituents is 1. The molecule has 1 saturated carbocycles. The molecule has 9 nitrogen and oxygen atoms in total. The number of amides is 1. The average Bonchev–Trinajstić information content (AvgIpc) is 3.54. The molecule has 2 aliphatic heterocycles. The summed E-state index contributed by atoms with van der Waals surface area (Å²) in [5, 5.41) is 11.9. The summed E-state index contributed by atoms with van der Waals surface area (Å²) < 4.78 is 16.3. The second-order valence-corrected chi connectivity index (χ2v) is 8.62. The SMILES string of the molecule is O=C(c1ccc(N2CCOCC2)c([N+](=O)[O-])c1)N(Cc1ccc2c(c1)OCO2)C1CCCC1. The van der Waals surface area contributed by atoms with Crippen LogP contribution in [0, 0.1) is 10.1 Å². The van der Waals surface area contributed by atoms with Crippen molar-refractivity contribution in [3.63, 3.8) is 0 Å². The number of hydrogen-bond acceptors (Lipinski definition) is 7. The molecule has 0 aromatic heterocycles. The van der Waals surface area contributed by atoms with E-state index in [4.69, 9.17) is 14.2 Å². The first-order valence-electron chi connectivity index (χ1n) is 11.4. The molecule has 1 amide bonds. The highest BCUT2D eigenvalue weighted by Crippen LogP contribution is 2.35. The fourth-order valence-electron chi connectivity index (χ4n) is 4.86. The van der Waals surface area contributed by atoms with E-state index in [0.717, 1.165) is 31.2 Å². The molecular formula is C24H27N3O6. The number of carbonyl (C=O) groups excluding carboxylic acids is 1. The molecule has 5 rings (SSSR count).